The van der Waals surface area contributed by atoms with E-state index in [2.05, 4.69) is 22.1 Å². The molecule has 2 atom stereocenters. The predicted molar refractivity (Wildman–Crippen MR) is 238 cm³/mol. The molecule has 2 unspecified atom stereocenters. The van der Waals surface area contributed by atoms with Crippen LogP contribution in [-0.2, 0) is 60.3 Å². The van der Waals surface area contributed by atoms with E-state index in [4.69, 9.17) is 4.74 Å². The van der Waals surface area contributed by atoms with Crippen LogP contribution in [0.1, 0.15) is 135 Å². The third-order valence-corrected chi connectivity index (χ3v) is 15.4. The maximum atomic E-state index is 12.6. The number of hydrogen-bond acceptors (Lipinski definition) is 12. The van der Waals surface area contributed by atoms with E-state index in [1.165, 1.54) is 31.4 Å². The Kier molecular flexibility index (Phi) is 18.4. The number of nitrogens with one attached hydrogen (secondary N) is 2. The normalized spacial score (nSPS) is 18.6. The van der Waals surface area contributed by atoms with Crippen LogP contribution in [-0.4, -0.2) is 116 Å². The molecule has 20 heteroatoms. The number of benzene rings is 2. The zero-order chi connectivity index (χ0) is 47.5. The zero-order valence-electron chi connectivity index (χ0n) is 37.6. The van der Waals surface area contributed by atoms with E-state index in [9.17, 15) is 53.3 Å². The number of carbonyl (C=O) groups is 3. The highest BCUT2D eigenvalue weighted by atomic mass is 32.2. The quantitative estimate of drug-likeness (QED) is 0.0457. The summed E-state index contributed by atoms with van der Waals surface area (Å²) in [5.41, 5.74) is 3.74. The van der Waals surface area contributed by atoms with E-state index in [-0.39, 0.29) is 60.1 Å². The number of esters is 1. The molecule has 2 heterocycles. The van der Waals surface area contributed by atoms with E-state index in [1.54, 1.807) is 12.1 Å². The first-order valence-corrected chi connectivity index (χ1v) is 26.3. The van der Waals surface area contributed by atoms with Gasteiger partial charge in [-0.3, -0.25) is 18.9 Å². The Labute approximate surface area is 378 Å². The van der Waals surface area contributed by atoms with Crippen LogP contribution >= 0.6 is 0 Å². The lowest BCUT2D eigenvalue weighted by Crippen LogP contribution is -2.34. The van der Waals surface area contributed by atoms with Gasteiger partial charge in [-0.05, 0) is 76.6 Å². The molecule has 4 rings (SSSR count). The Bertz CT molecular complexity index is 2450. The number of unbranched alkanes of at least 4 members (excludes halogenated alkanes) is 6. The molecule has 0 saturated carbocycles. The van der Waals surface area contributed by atoms with Gasteiger partial charge >= 0.3 is 5.97 Å². The summed E-state index contributed by atoms with van der Waals surface area (Å²) < 4.78 is 112. The Morgan fingerprint density at radius 3 is 1.44 bits per heavy atom. The zero-order valence-corrected chi connectivity index (χ0v) is 40.0. The number of amides is 2. The molecule has 0 bridgehead atoms. The van der Waals surface area contributed by atoms with Gasteiger partial charge in [0.1, 0.15) is 33.3 Å². The molecule has 2 aliphatic heterocycles. The highest BCUT2D eigenvalue weighted by Gasteiger charge is 2.47. The molecule has 0 fully saturated rings. The minimum atomic E-state index is -4.72. The lowest BCUT2D eigenvalue weighted by Gasteiger charge is -2.23. The third kappa shape index (κ3) is 14.0. The average Bonchev–Trinajstić information content (AvgIpc) is 3.55. The van der Waals surface area contributed by atoms with Crippen molar-refractivity contribution < 1.29 is 67.2 Å². The van der Waals surface area contributed by atoms with Crippen molar-refractivity contribution in [2.45, 2.75) is 145 Å². The second-order valence-electron chi connectivity index (χ2n) is 17.3. The minimum Gasteiger partial charge on any atom is -0.744 e. The maximum absolute atomic E-state index is 12.6. The van der Waals surface area contributed by atoms with Crippen LogP contribution in [0.15, 0.2) is 46.2 Å². The number of ether oxygens (including phenoxy) is 1. The number of rotatable bonds is 27. The van der Waals surface area contributed by atoms with Gasteiger partial charge in [0.2, 0.25) is 23.2 Å². The summed E-state index contributed by atoms with van der Waals surface area (Å²) in [6.07, 6.45) is 8.77. The van der Waals surface area contributed by atoms with E-state index in [0.29, 0.717) is 75.6 Å². The van der Waals surface area contributed by atoms with Gasteiger partial charge in [0.25, 0.3) is 10.1 Å². The van der Waals surface area contributed by atoms with Crippen molar-refractivity contribution in [2.75, 3.05) is 39.0 Å². The number of hydrogen-bond donors (Lipinski definition) is 3. The second-order valence-corrected chi connectivity index (χ2v) is 21.6. The molecule has 64 heavy (non-hydrogen) atoms. The molecule has 2 aromatic rings. The SMILES string of the molecule is COC(=O)CCCCCC1(C)C(C)=[N+](CCCCCC(=O)NCCNC(=O)CCCCCC2(C)C(C)=[N+](CCCS(=O)(=O)O)c3ccc(S(=O)(=O)[O-])cc32)c2ccc(S(=O)(=O)[O-])cc21. The molecule has 0 spiro atoms. The van der Waals surface area contributed by atoms with Crippen LogP contribution in [0.3, 0.4) is 0 Å². The van der Waals surface area contributed by atoms with Gasteiger partial charge in [0, 0.05) is 82.3 Å². The van der Waals surface area contributed by atoms with Gasteiger partial charge in [-0.1, -0.05) is 25.7 Å². The van der Waals surface area contributed by atoms with E-state index in [0.717, 1.165) is 48.4 Å². The molecular weight excluding hydrogens is 889 g/mol. The highest BCUT2D eigenvalue weighted by Crippen LogP contribution is 2.45. The molecule has 0 aromatic heterocycles. The summed E-state index contributed by atoms with van der Waals surface area (Å²) in [6, 6.07) is 8.71. The van der Waals surface area contributed by atoms with Gasteiger partial charge in [0.05, 0.1) is 33.5 Å². The van der Waals surface area contributed by atoms with Crippen LogP contribution in [0, 0.1) is 0 Å². The topological polar surface area (TPSA) is 259 Å². The van der Waals surface area contributed by atoms with Crippen LogP contribution < -0.4 is 10.6 Å². The first-order valence-electron chi connectivity index (χ1n) is 21.9. The standard InChI is InChI=1S/C44H64N4O13S3/c1-32-43(3,24-13-7-11-18-42(51)61-5)36-30-34(63(55,56)57)19-21-38(36)47(32)27-14-8-10-17-41(50)46-26-25-45-40(49)16-9-6-12-23-44(4)33(2)48(28-15-29-62(52,53)54)39-22-20-35(31-37(39)44)64(58,59)60/h19-22,30-31H,6-18,23-29H2,1-5H3,(H3-2,45,46,49,50,52,53,54,55,56,57,58,59,60). The first-order chi connectivity index (χ1) is 29.9. The van der Waals surface area contributed by atoms with Gasteiger partial charge in [-0.2, -0.15) is 17.6 Å². The molecule has 356 valence electrons. The molecule has 0 saturated heterocycles. The maximum Gasteiger partial charge on any atom is 0.305 e. The largest absolute Gasteiger partial charge is 0.744 e. The van der Waals surface area contributed by atoms with Crippen molar-refractivity contribution in [1.82, 2.24) is 10.6 Å². The summed E-state index contributed by atoms with van der Waals surface area (Å²) in [7, 11) is -12.2. The van der Waals surface area contributed by atoms with E-state index in [1.807, 2.05) is 25.3 Å². The summed E-state index contributed by atoms with van der Waals surface area (Å²) in [6.45, 7) is 9.37. The molecule has 0 radical (unpaired) electrons. The molecule has 17 nitrogen and oxygen atoms in total. The van der Waals surface area contributed by atoms with Crippen molar-refractivity contribution in [1.29, 1.82) is 0 Å². The lowest BCUT2D eigenvalue weighted by atomic mass is 9.76. The predicted octanol–water partition coefficient (Wildman–Crippen LogP) is 5.09. The summed E-state index contributed by atoms with van der Waals surface area (Å²) in [5.74, 6) is -0.967. The first kappa shape index (κ1) is 52.5. The van der Waals surface area contributed by atoms with Crippen molar-refractivity contribution in [2.24, 2.45) is 0 Å². The van der Waals surface area contributed by atoms with E-state index < -0.39 is 46.9 Å². The third-order valence-electron chi connectivity index (χ3n) is 12.9. The fourth-order valence-electron chi connectivity index (χ4n) is 8.94. The van der Waals surface area contributed by atoms with Crippen molar-refractivity contribution in [3.8, 4) is 0 Å². The molecule has 3 N–H and O–H groups in total. The van der Waals surface area contributed by atoms with Crippen molar-refractivity contribution in [3.63, 3.8) is 0 Å². The molecule has 2 aliphatic rings. The Morgan fingerprint density at radius 1 is 0.625 bits per heavy atom. The number of carbonyl (C=O) groups excluding carboxylic acids is 3. The van der Waals surface area contributed by atoms with Crippen LogP contribution in [0.5, 0.6) is 0 Å². The molecular formula is C44H64N4O13S3. The molecule has 0 aliphatic carbocycles. The fourth-order valence-corrected chi connectivity index (χ4v) is 10.4. The number of fused-ring (bicyclic) bond motifs is 2. The summed E-state index contributed by atoms with van der Waals surface area (Å²) in [5, 5.41) is 5.67. The monoisotopic (exact) mass is 952 g/mol. The summed E-state index contributed by atoms with van der Waals surface area (Å²) >= 11 is 0. The van der Waals surface area contributed by atoms with Crippen LogP contribution in [0.2, 0.25) is 0 Å². The smallest absolute Gasteiger partial charge is 0.305 e. The average molecular weight is 953 g/mol. The van der Waals surface area contributed by atoms with Crippen LogP contribution in [0.4, 0.5) is 11.4 Å². The lowest BCUT2D eigenvalue weighted by molar-refractivity contribution is -0.439. The Balaban J connectivity index is 1.17. The minimum absolute atomic E-state index is 0.124. The van der Waals surface area contributed by atoms with Gasteiger partial charge in [-0.25, -0.2) is 16.8 Å². The van der Waals surface area contributed by atoms with Crippen molar-refractivity contribution in [3.05, 3.63) is 47.5 Å². The number of nitrogens with zero attached hydrogens (tertiary/aromatic N) is 2. The van der Waals surface area contributed by atoms with Gasteiger partial charge in [0.15, 0.2) is 11.4 Å². The molecule has 2 amide bonds. The second kappa shape index (κ2) is 22.4. The van der Waals surface area contributed by atoms with Gasteiger partial charge in [-0.15, -0.1) is 0 Å². The van der Waals surface area contributed by atoms with E-state index >= 15 is 0 Å². The Hall–Kier alpha value is -4.08. The summed E-state index contributed by atoms with van der Waals surface area (Å²) in [4.78, 5) is 36.0. The van der Waals surface area contributed by atoms with Gasteiger partial charge < -0.3 is 24.5 Å². The van der Waals surface area contributed by atoms with Crippen LogP contribution in [0.25, 0.3) is 0 Å². The molecule has 2 aromatic carbocycles. The number of methoxy groups -OCH3 is 1. The Morgan fingerprint density at radius 2 is 1.03 bits per heavy atom. The highest BCUT2D eigenvalue weighted by molar-refractivity contribution is 7.86. The fraction of sp³-hybridized carbons (Fsp3) is 0.614. The van der Waals surface area contributed by atoms with Crippen molar-refractivity contribution >= 4 is 70.9 Å².